The number of likely N-dealkylation sites (tertiary alicyclic amines) is 1. The highest BCUT2D eigenvalue weighted by atomic mass is 16.6. The molecular weight excluding hydrogens is 286 g/mol. The molecule has 118 valence electrons. The summed E-state index contributed by atoms with van der Waals surface area (Å²) >= 11 is 0. The summed E-state index contributed by atoms with van der Waals surface area (Å²) < 4.78 is 10.1. The number of imide groups is 1. The molecule has 0 bridgehead atoms. The molecule has 1 aromatic carbocycles. The van der Waals surface area contributed by atoms with E-state index in [1.807, 2.05) is 30.3 Å². The summed E-state index contributed by atoms with van der Waals surface area (Å²) in [4.78, 5) is 36.0. The Kier molecular flexibility index (Phi) is 5.14. The molecule has 2 rings (SSSR count). The van der Waals surface area contributed by atoms with Crippen molar-refractivity contribution in [3.8, 4) is 0 Å². The van der Waals surface area contributed by atoms with Crippen LogP contribution in [0.3, 0.4) is 0 Å². The maximum Gasteiger partial charge on any atom is 0.417 e. The molecule has 1 aliphatic rings. The van der Waals surface area contributed by atoms with E-state index in [0.717, 1.165) is 10.5 Å². The van der Waals surface area contributed by atoms with Crippen molar-refractivity contribution in [2.24, 2.45) is 0 Å². The van der Waals surface area contributed by atoms with E-state index in [4.69, 9.17) is 9.47 Å². The molecule has 0 N–H and O–H groups in total. The highest BCUT2D eigenvalue weighted by Gasteiger charge is 2.47. The van der Waals surface area contributed by atoms with Crippen molar-refractivity contribution in [3.63, 3.8) is 0 Å². The number of carbonyl (C=O) groups is 3. The van der Waals surface area contributed by atoms with Gasteiger partial charge in [-0.2, -0.15) is 0 Å². The quantitative estimate of drug-likeness (QED) is 0.614. The molecule has 0 radical (unpaired) electrons. The van der Waals surface area contributed by atoms with Crippen molar-refractivity contribution >= 4 is 18.0 Å². The highest BCUT2D eigenvalue weighted by Crippen LogP contribution is 2.22. The lowest BCUT2D eigenvalue weighted by Crippen LogP contribution is -2.60. The number of nitrogens with zero attached hydrogens (tertiary/aromatic N) is 1. The van der Waals surface area contributed by atoms with Crippen molar-refractivity contribution in [1.29, 1.82) is 0 Å². The van der Waals surface area contributed by atoms with Gasteiger partial charge in [-0.15, -0.1) is 0 Å². The molecular formula is C16H19NO5. The van der Waals surface area contributed by atoms with Crippen LogP contribution in [-0.2, 0) is 25.5 Å². The van der Waals surface area contributed by atoms with Crippen LogP contribution in [-0.4, -0.2) is 41.6 Å². The van der Waals surface area contributed by atoms with Crippen LogP contribution in [0.1, 0.15) is 25.8 Å². The maximum absolute atomic E-state index is 11.9. The summed E-state index contributed by atoms with van der Waals surface area (Å²) in [6.07, 6.45) is -0.549. The summed E-state index contributed by atoms with van der Waals surface area (Å²) in [6, 6.07) is 8.68. The number of amides is 2. The minimum absolute atomic E-state index is 0.0145. The summed E-state index contributed by atoms with van der Waals surface area (Å²) in [7, 11) is 0. The van der Waals surface area contributed by atoms with Crippen LogP contribution in [0.4, 0.5) is 4.79 Å². The van der Waals surface area contributed by atoms with Gasteiger partial charge in [0.15, 0.2) is 0 Å². The molecule has 2 amide bonds. The molecule has 1 heterocycles. The van der Waals surface area contributed by atoms with Crippen LogP contribution in [0.25, 0.3) is 0 Å². The SMILES string of the molecule is CC(C)OC(=O)[C@@H]1CC(=O)N1C(=O)OCCc1ccccc1. The van der Waals surface area contributed by atoms with Crippen molar-refractivity contribution in [2.75, 3.05) is 6.61 Å². The van der Waals surface area contributed by atoms with Gasteiger partial charge >= 0.3 is 12.1 Å². The summed E-state index contributed by atoms with van der Waals surface area (Å²) in [5.41, 5.74) is 1.03. The Morgan fingerprint density at radius 2 is 1.95 bits per heavy atom. The second kappa shape index (κ2) is 7.06. The first-order chi connectivity index (χ1) is 10.5. The average Bonchev–Trinajstić information content (AvgIpc) is 2.44. The molecule has 0 saturated carbocycles. The lowest BCUT2D eigenvalue weighted by atomic mass is 10.0. The van der Waals surface area contributed by atoms with Gasteiger partial charge < -0.3 is 9.47 Å². The van der Waals surface area contributed by atoms with Gasteiger partial charge in [0, 0.05) is 6.42 Å². The fourth-order valence-electron chi connectivity index (χ4n) is 2.12. The fourth-order valence-corrected chi connectivity index (χ4v) is 2.12. The van der Waals surface area contributed by atoms with Crippen molar-refractivity contribution < 1.29 is 23.9 Å². The molecule has 1 aliphatic heterocycles. The van der Waals surface area contributed by atoms with Crippen LogP contribution in [0, 0.1) is 0 Å². The summed E-state index contributed by atoms with van der Waals surface area (Å²) in [5.74, 6) is -0.995. The topological polar surface area (TPSA) is 72.9 Å². The van der Waals surface area contributed by atoms with E-state index in [9.17, 15) is 14.4 Å². The molecule has 1 fully saturated rings. The summed E-state index contributed by atoms with van der Waals surface area (Å²) in [5, 5.41) is 0. The minimum Gasteiger partial charge on any atom is -0.461 e. The first kappa shape index (κ1) is 16.0. The van der Waals surface area contributed by atoms with Crippen LogP contribution in [0.15, 0.2) is 30.3 Å². The standard InChI is InChI=1S/C16H19NO5/c1-11(2)22-15(19)13-10-14(18)17(13)16(20)21-9-8-12-6-4-3-5-7-12/h3-7,11,13H,8-10H2,1-2H3/t13-/m0/s1. The lowest BCUT2D eigenvalue weighted by molar-refractivity contribution is -0.166. The largest absolute Gasteiger partial charge is 0.461 e. The Morgan fingerprint density at radius 1 is 1.27 bits per heavy atom. The van der Waals surface area contributed by atoms with Gasteiger partial charge in [0.25, 0.3) is 0 Å². The van der Waals surface area contributed by atoms with Crippen LogP contribution in [0.5, 0.6) is 0 Å². The van der Waals surface area contributed by atoms with Crippen molar-refractivity contribution in [2.45, 2.75) is 38.8 Å². The average molecular weight is 305 g/mol. The Hall–Kier alpha value is -2.37. The minimum atomic E-state index is -0.862. The third kappa shape index (κ3) is 3.84. The van der Waals surface area contributed by atoms with Crippen LogP contribution >= 0.6 is 0 Å². The first-order valence-corrected chi connectivity index (χ1v) is 7.22. The van der Waals surface area contributed by atoms with Gasteiger partial charge in [-0.05, 0) is 19.4 Å². The van der Waals surface area contributed by atoms with Crippen LogP contribution in [0.2, 0.25) is 0 Å². The number of hydrogen-bond acceptors (Lipinski definition) is 5. The number of ether oxygens (including phenoxy) is 2. The molecule has 22 heavy (non-hydrogen) atoms. The van der Waals surface area contributed by atoms with Crippen LogP contribution < -0.4 is 0 Å². The van der Waals surface area contributed by atoms with Gasteiger partial charge in [-0.1, -0.05) is 30.3 Å². The second-order valence-electron chi connectivity index (χ2n) is 5.32. The molecule has 6 heteroatoms. The predicted molar refractivity (Wildman–Crippen MR) is 78.0 cm³/mol. The van der Waals surface area contributed by atoms with E-state index in [1.54, 1.807) is 13.8 Å². The molecule has 1 atom stereocenters. The number of esters is 1. The number of β-lactam (4-membered cyclic amide) rings is 1. The smallest absolute Gasteiger partial charge is 0.417 e. The van der Waals surface area contributed by atoms with E-state index < -0.39 is 24.0 Å². The summed E-state index contributed by atoms with van der Waals surface area (Å²) in [6.45, 7) is 3.57. The first-order valence-electron chi connectivity index (χ1n) is 7.22. The maximum atomic E-state index is 11.9. The second-order valence-corrected chi connectivity index (χ2v) is 5.32. The van der Waals surface area contributed by atoms with E-state index in [1.165, 1.54) is 0 Å². The zero-order valence-electron chi connectivity index (χ0n) is 12.7. The number of rotatable bonds is 5. The Labute approximate surface area is 129 Å². The van der Waals surface area contributed by atoms with Crippen molar-refractivity contribution in [1.82, 2.24) is 4.90 Å². The molecule has 0 unspecified atom stereocenters. The number of hydrogen-bond donors (Lipinski definition) is 0. The molecule has 1 saturated heterocycles. The van der Waals surface area contributed by atoms with Gasteiger partial charge in [0.05, 0.1) is 19.1 Å². The monoisotopic (exact) mass is 305 g/mol. The van der Waals surface area contributed by atoms with Gasteiger partial charge in [0.1, 0.15) is 6.04 Å². The molecule has 6 nitrogen and oxygen atoms in total. The van der Waals surface area contributed by atoms with Crippen molar-refractivity contribution in [3.05, 3.63) is 35.9 Å². The Balaban J connectivity index is 1.83. The third-order valence-corrected chi connectivity index (χ3v) is 3.23. The molecule has 0 aliphatic carbocycles. The lowest BCUT2D eigenvalue weighted by Gasteiger charge is -2.35. The Bertz CT molecular complexity index is 555. The third-order valence-electron chi connectivity index (χ3n) is 3.23. The molecule has 0 aromatic heterocycles. The normalized spacial score (nSPS) is 17.1. The number of carbonyl (C=O) groups excluding carboxylic acids is 3. The highest BCUT2D eigenvalue weighted by molar-refractivity contribution is 6.04. The van der Waals surface area contributed by atoms with Gasteiger partial charge in [-0.25, -0.2) is 14.5 Å². The Morgan fingerprint density at radius 3 is 2.55 bits per heavy atom. The zero-order valence-corrected chi connectivity index (χ0v) is 12.7. The molecule has 1 aromatic rings. The van der Waals surface area contributed by atoms with E-state index in [2.05, 4.69) is 0 Å². The van der Waals surface area contributed by atoms with Gasteiger partial charge in [0.2, 0.25) is 5.91 Å². The van der Waals surface area contributed by atoms with E-state index in [0.29, 0.717) is 6.42 Å². The number of benzene rings is 1. The van der Waals surface area contributed by atoms with Gasteiger partial charge in [-0.3, -0.25) is 4.79 Å². The zero-order chi connectivity index (χ0) is 16.1. The van der Waals surface area contributed by atoms with E-state index in [-0.39, 0.29) is 19.1 Å². The van der Waals surface area contributed by atoms with E-state index >= 15 is 0 Å². The fraction of sp³-hybridized carbons (Fsp3) is 0.438. The predicted octanol–water partition coefficient (Wildman–Crippen LogP) is 1.92. The molecule has 0 spiro atoms.